The van der Waals surface area contributed by atoms with Crippen LogP contribution >= 0.6 is 11.6 Å². The monoisotopic (exact) mass is 452 g/mol. The van der Waals surface area contributed by atoms with Gasteiger partial charge in [-0.3, -0.25) is 4.72 Å². The van der Waals surface area contributed by atoms with Crippen LogP contribution < -0.4 is 15.1 Å². The summed E-state index contributed by atoms with van der Waals surface area (Å²) in [5, 5.41) is 0.622. The highest BCUT2D eigenvalue weighted by molar-refractivity contribution is 7.90. The van der Waals surface area contributed by atoms with Crippen LogP contribution in [0.25, 0.3) is 11.0 Å². The number of nitrogens with one attached hydrogen (secondary N) is 2. The Kier molecular flexibility index (Phi) is 6.47. The quantitative estimate of drug-likeness (QED) is 0.538. The smallest absolute Gasteiger partial charge is 0.340 e. The molecule has 0 amide bonds. The molecule has 0 spiro atoms. The zero-order valence-electron chi connectivity index (χ0n) is 16.5. The normalized spacial score (nSPS) is 11.9. The third kappa shape index (κ3) is 4.81. The molecule has 7 nitrogen and oxygen atoms in total. The number of fused-ring (bicyclic) bond motifs is 1. The number of hydrogen-bond donors (Lipinski definition) is 2. The highest BCUT2D eigenvalue weighted by Crippen LogP contribution is 2.30. The number of anilines is 1. The summed E-state index contributed by atoms with van der Waals surface area (Å²) in [6.45, 7) is 0.366. The Bertz CT molecular complexity index is 1260. The summed E-state index contributed by atoms with van der Waals surface area (Å²) in [4.78, 5) is 14.6. The predicted molar refractivity (Wildman–Crippen MR) is 115 cm³/mol. The molecule has 0 bridgehead atoms. The van der Waals surface area contributed by atoms with Gasteiger partial charge in [-0.1, -0.05) is 23.7 Å². The maximum absolute atomic E-state index is 13.8. The molecule has 3 rings (SSSR count). The van der Waals surface area contributed by atoms with Crippen molar-refractivity contribution in [2.24, 2.45) is 0 Å². The Morgan fingerprint density at radius 2 is 2.00 bits per heavy atom. The van der Waals surface area contributed by atoms with E-state index in [1.165, 1.54) is 25.2 Å². The second-order valence-corrected chi connectivity index (χ2v) is 8.91. The van der Waals surface area contributed by atoms with Crippen LogP contribution in [0, 0.1) is 11.9 Å². The van der Waals surface area contributed by atoms with Gasteiger partial charge in [0, 0.05) is 37.0 Å². The highest BCUT2D eigenvalue weighted by Gasteiger charge is 2.19. The van der Waals surface area contributed by atoms with Gasteiger partial charge in [0.1, 0.15) is 11.4 Å². The average Bonchev–Trinajstić information content (AvgIpc) is 2.67. The van der Waals surface area contributed by atoms with Crippen molar-refractivity contribution >= 4 is 38.5 Å². The molecule has 0 aliphatic rings. The van der Waals surface area contributed by atoms with Gasteiger partial charge in [0.2, 0.25) is 0 Å². The van der Waals surface area contributed by atoms with Gasteiger partial charge >= 0.3 is 5.63 Å². The number of hydrogen-bond acceptors (Lipinski definition) is 5. The zero-order chi connectivity index (χ0) is 22.1. The van der Waals surface area contributed by atoms with Gasteiger partial charge in [-0.2, -0.15) is 8.42 Å². The topological polar surface area (TPSA) is 91.7 Å². The Balaban J connectivity index is 2.14. The van der Waals surface area contributed by atoms with E-state index < -0.39 is 21.7 Å². The number of rotatable bonds is 7. The van der Waals surface area contributed by atoms with Crippen LogP contribution in [0.3, 0.4) is 0 Å². The molecular formula is C20H20ClFN3O4S. The lowest BCUT2D eigenvalue weighted by molar-refractivity contribution is 0.400. The van der Waals surface area contributed by atoms with Crippen molar-refractivity contribution in [3.05, 3.63) is 74.3 Å². The maximum Gasteiger partial charge on any atom is 0.340 e. The molecule has 0 unspecified atom stereocenters. The SMILES string of the molecule is CNS(=O)(=O)Nc1cccc(Cc2c(CN(C)C)c3cc(F)[c]cc3oc2=O)c1Cl. The summed E-state index contributed by atoms with van der Waals surface area (Å²) in [6, 6.07) is 9.78. The first-order chi connectivity index (χ1) is 14.1. The first-order valence-corrected chi connectivity index (χ1v) is 10.8. The van der Waals surface area contributed by atoms with Crippen molar-refractivity contribution in [3.63, 3.8) is 0 Å². The minimum absolute atomic E-state index is 0.0790. The van der Waals surface area contributed by atoms with Crippen molar-refractivity contribution in [2.75, 3.05) is 25.9 Å². The Morgan fingerprint density at radius 3 is 2.67 bits per heavy atom. The van der Waals surface area contributed by atoms with Crippen molar-refractivity contribution in [2.45, 2.75) is 13.0 Å². The minimum Gasteiger partial charge on any atom is -0.422 e. The van der Waals surface area contributed by atoms with Gasteiger partial charge in [-0.05, 0) is 43.4 Å². The molecule has 1 heterocycles. The lowest BCUT2D eigenvalue weighted by Crippen LogP contribution is -2.26. The predicted octanol–water partition coefficient (Wildman–Crippen LogP) is 2.91. The lowest BCUT2D eigenvalue weighted by atomic mass is 9.98. The zero-order valence-corrected chi connectivity index (χ0v) is 18.1. The van der Waals surface area contributed by atoms with Crippen molar-refractivity contribution < 1.29 is 17.2 Å². The van der Waals surface area contributed by atoms with E-state index in [9.17, 15) is 17.6 Å². The Hall–Kier alpha value is -2.46. The number of halogens is 2. The standard InChI is InChI=1S/C20H20ClFN3O4S/c1-23-30(27,28)24-17-6-4-5-12(19(17)21)9-15-16(11-25(2)3)14-10-13(22)7-8-18(14)29-20(15)26/h4-6,8,10,23-24H,9,11H2,1-3H3. The Morgan fingerprint density at radius 1 is 1.27 bits per heavy atom. The fourth-order valence-corrected chi connectivity index (χ4v) is 3.93. The molecule has 2 aromatic carbocycles. The molecule has 0 saturated carbocycles. The molecule has 1 aromatic heterocycles. The first-order valence-electron chi connectivity index (χ1n) is 8.90. The highest BCUT2D eigenvalue weighted by atomic mass is 35.5. The fourth-order valence-electron chi connectivity index (χ4n) is 3.08. The molecule has 0 aliphatic heterocycles. The fraction of sp³-hybridized carbons (Fsp3) is 0.250. The van der Waals surface area contributed by atoms with E-state index in [-0.39, 0.29) is 22.7 Å². The minimum atomic E-state index is -3.77. The summed E-state index contributed by atoms with van der Waals surface area (Å²) < 4.78 is 47.3. The lowest BCUT2D eigenvalue weighted by Gasteiger charge is -2.17. The van der Waals surface area contributed by atoms with Crippen LogP contribution in [0.2, 0.25) is 5.02 Å². The van der Waals surface area contributed by atoms with E-state index in [0.29, 0.717) is 28.6 Å². The molecule has 159 valence electrons. The molecule has 3 aromatic rings. The molecule has 0 saturated heterocycles. The molecule has 0 aliphatic carbocycles. The number of benzene rings is 2. The average molecular weight is 453 g/mol. The van der Waals surface area contributed by atoms with Gasteiger partial charge in [-0.25, -0.2) is 13.9 Å². The molecular weight excluding hydrogens is 433 g/mol. The second-order valence-electron chi connectivity index (χ2n) is 6.91. The van der Waals surface area contributed by atoms with E-state index in [2.05, 4.69) is 15.5 Å². The van der Waals surface area contributed by atoms with Crippen LogP contribution in [-0.2, 0) is 23.2 Å². The van der Waals surface area contributed by atoms with Crippen molar-refractivity contribution in [1.82, 2.24) is 9.62 Å². The molecule has 30 heavy (non-hydrogen) atoms. The van der Waals surface area contributed by atoms with Crippen LogP contribution in [0.1, 0.15) is 16.7 Å². The number of nitrogens with zero attached hydrogens (tertiary/aromatic N) is 1. The van der Waals surface area contributed by atoms with E-state index in [4.69, 9.17) is 16.0 Å². The maximum atomic E-state index is 13.8. The third-order valence-corrected chi connectivity index (χ3v) is 5.92. The van der Waals surface area contributed by atoms with E-state index in [1.807, 2.05) is 19.0 Å². The molecule has 0 fully saturated rings. The Labute approximate surface area is 178 Å². The largest absolute Gasteiger partial charge is 0.422 e. The molecule has 1 radical (unpaired) electrons. The summed E-state index contributed by atoms with van der Waals surface area (Å²) in [5.41, 5.74) is 1.28. The second kappa shape index (κ2) is 8.73. The van der Waals surface area contributed by atoms with Crippen molar-refractivity contribution in [3.8, 4) is 0 Å². The van der Waals surface area contributed by atoms with Gasteiger partial charge < -0.3 is 9.32 Å². The van der Waals surface area contributed by atoms with Crippen LogP contribution in [0.15, 0.2) is 39.5 Å². The van der Waals surface area contributed by atoms with Gasteiger partial charge in [0.25, 0.3) is 10.2 Å². The van der Waals surface area contributed by atoms with E-state index in [1.54, 1.807) is 12.1 Å². The van der Waals surface area contributed by atoms with Gasteiger partial charge in [0.15, 0.2) is 0 Å². The molecule has 10 heteroatoms. The van der Waals surface area contributed by atoms with Gasteiger partial charge in [-0.15, -0.1) is 0 Å². The van der Waals surface area contributed by atoms with E-state index >= 15 is 0 Å². The summed E-state index contributed by atoms with van der Waals surface area (Å²) >= 11 is 6.41. The van der Waals surface area contributed by atoms with Crippen LogP contribution in [0.5, 0.6) is 0 Å². The van der Waals surface area contributed by atoms with E-state index in [0.717, 1.165) is 0 Å². The van der Waals surface area contributed by atoms with Crippen LogP contribution in [0.4, 0.5) is 10.1 Å². The van der Waals surface area contributed by atoms with Crippen LogP contribution in [-0.4, -0.2) is 34.5 Å². The molecule has 2 N–H and O–H groups in total. The summed E-state index contributed by atoms with van der Waals surface area (Å²) in [5.74, 6) is -0.566. The van der Waals surface area contributed by atoms with Gasteiger partial charge in [0.05, 0.1) is 10.7 Å². The summed E-state index contributed by atoms with van der Waals surface area (Å²) in [6.07, 6.45) is 0.0790. The summed E-state index contributed by atoms with van der Waals surface area (Å²) in [7, 11) is 1.16. The third-order valence-electron chi connectivity index (χ3n) is 4.45. The first kappa shape index (κ1) is 22.2. The van der Waals surface area contributed by atoms with Crippen molar-refractivity contribution in [1.29, 1.82) is 0 Å². The molecule has 0 atom stereocenters.